The summed E-state index contributed by atoms with van der Waals surface area (Å²) in [6, 6.07) is 3.00. The molecule has 0 aliphatic carbocycles. The molecule has 0 radical (unpaired) electrons. The van der Waals surface area contributed by atoms with Crippen molar-refractivity contribution in [3.63, 3.8) is 0 Å². The molecule has 0 unspecified atom stereocenters. The number of thioether (sulfide) groups is 1. The molecule has 1 N–H and O–H groups in total. The van der Waals surface area contributed by atoms with Gasteiger partial charge < -0.3 is 5.32 Å². The summed E-state index contributed by atoms with van der Waals surface area (Å²) in [4.78, 5) is 16.3. The number of carbonyl (C=O) groups excluding carboxylic acids is 1. The van der Waals surface area contributed by atoms with E-state index in [4.69, 9.17) is 11.6 Å². The van der Waals surface area contributed by atoms with Crippen LogP contribution in [0.5, 0.6) is 0 Å². The summed E-state index contributed by atoms with van der Waals surface area (Å²) in [5.74, 6) is 0. The van der Waals surface area contributed by atoms with E-state index < -0.39 is 15.1 Å². The molecule has 0 spiro atoms. The number of rotatable bonds is 3. The van der Waals surface area contributed by atoms with Gasteiger partial charge in [0.2, 0.25) is 0 Å². The van der Waals surface area contributed by atoms with Crippen molar-refractivity contribution >= 4 is 43.6 Å². The van der Waals surface area contributed by atoms with Gasteiger partial charge in [0, 0.05) is 29.8 Å². The summed E-state index contributed by atoms with van der Waals surface area (Å²) in [7, 11) is -3.47. The first-order valence-electron chi connectivity index (χ1n) is 6.30. The maximum Gasteiger partial charge on any atom is 0.252 e. The zero-order chi connectivity index (χ0) is 15.6. The fraction of sp³-hybridized carbons (Fsp3) is 0.385. The van der Waals surface area contributed by atoms with Gasteiger partial charge in [0.1, 0.15) is 0 Å². The van der Waals surface area contributed by atoms with Gasteiger partial charge in [-0.3, -0.25) is 9.79 Å². The van der Waals surface area contributed by atoms with E-state index >= 15 is 0 Å². The Morgan fingerprint density at radius 3 is 2.67 bits per heavy atom. The fourth-order valence-corrected chi connectivity index (χ4v) is 4.40. The summed E-state index contributed by atoms with van der Waals surface area (Å²) in [6.07, 6.45) is 2.07. The summed E-state index contributed by atoms with van der Waals surface area (Å²) in [5.41, 5.74) is 0.848. The lowest BCUT2D eigenvalue weighted by atomic mass is 10.1. The van der Waals surface area contributed by atoms with Gasteiger partial charge in [-0.15, -0.1) is 0 Å². The van der Waals surface area contributed by atoms with E-state index in [0.29, 0.717) is 15.6 Å². The number of halogens is 1. The molecule has 5 nitrogen and oxygen atoms in total. The highest BCUT2D eigenvalue weighted by Gasteiger charge is 2.20. The number of aliphatic imine (C=N–C) groups is 1. The molecule has 0 atom stereocenters. The first-order valence-corrected chi connectivity index (χ1v) is 9.38. The maximum absolute atomic E-state index is 12.0. The van der Waals surface area contributed by atoms with Crippen LogP contribution < -0.4 is 5.32 Å². The lowest BCUT2D eigenvalue weighted by Crippen LogP contribution is -2.26. The Kier molecular flexibility index (Phi) is 4.95. The summed E-state index contributed by atoms with van der Waals surface area (Å²) < 4.78 is 23.9. The van der Waals surface area contributed by atoms with Crippen LogP contribution in [0.25, 0.3) is 0 Å². The number of sulfone groups is 1. The molecule has 1 aromatic rings. The molecule has 114 valence electrons. The third-order valence-corrected chi connectivity index (χ3v) is 5.47. The zero-order valence-electron chi connectivity index (χ0n) is 11.6. The van der Waals surface area contributed by atoms with Gasteiger partial charge in [-0.1, -0.05) is 11.8 Å². The Labute approximate surface area is 133 Å². The van der Waals surface area contributed by atoms with Crippen LogP contribution in [0.2, 0.25) is 0 Å². The number of nitrogens with zero attached hydrogens (tertiary/aromatic N) is 1. The number of amidine groups is 1. The average molecular weight is 347 g/mol. The second-order valence-electron chi connectivity index (χ2n) is 4.73. The predicted octanol–water partition coefficient (Wildman–Crippen LogP) is 2.22. The van der Waals surface area contributed by atoms with E-state index in [-0.39, 0.29) is 10.5 Å². The highest BCUT2D eigenvalue weighted by atomic mass is 35.5. The molecule has 1 heterocycles. The number of aryl methyl sites for hydroxylation is 1. The van der Waals surface area contributed by atoms with E-state index in [9.17, 15) is 13.2 Å². The summed E-state index contributed by atoms with van der Waals surface area (Å²) in [6.45, 7) is 3.26. The van der Waals surface area contributed by atoms with Crippen LogP contribution in [-0.2, 0) is 9.84 Å². The van der Waals surface area contributed by atoms with Crippen LogP contribution in [-0.4, -0.2) is 38.2 Å². The van der Waals surface area contributed by atoms with Gasteiger partial charge >= 0.3 is 0 Å². The number of hydrogen-bond donors (Lipinski definition) is 1. The molecule has 2 rings (SSSR count). The van der Waals surface area contributed by atoms with Gasteiger partial charge in [0.05, 0.1) is 4.90 Å². The monoisotopic (exact) mass is 346 g/mol. The summed E-state index contributed by atoms with van der Waals surface area (Å²) >= 11 is 6.76. The van der Waals surface area contributed by atoms with Crippen LogP contribution in [0.1, 0.15) is 22.3 Å². The average Bonchev–Trinajstić information content (AvgIpc) is 2.38. The predicted molar refractivity (Wildman–Crippen MR) is 85.3 cm³/mol. The second kappa shape index (κ2) is 6.37. The number of nitrogens with one attached hydrogen (secondary N) is 1. The van der Waals surface area contributed by atoms with Crippen molar-refractivity contribution in [2.75, 3.05) is 19.3 Å². The topological polar surface area (TPSA) is 75.6 Å². The van der Waals surface area contributed by atoms with Gasteiger partial charge in [-0.05, 0) is 42.6 Å². The molecule has 8 heteroatoms. The summed E-state index contributed by atoms with van der Waals surface area (Å²) in [5, 5.41) is 3.15. The lowest BCUT2D eigenvalue weighted by molar-refractivity contribution is 0.108. The van der Waals surface area contributed by atoms with E-state index in [0.717, 1.165) is 25.8 Å². The van der Waals surface area contributed by atoms with Crippen molar-refractivity contribution in [2.24, 2.45) is 4.99 Å². The highest BCUT2D eigenvalue weighted by molar-refractivity contribution is 8.14. The first kappa shape index (κ1) is 16.3. The van der Waals surface area contributed by atoms with Crippen LogP contribution in [0.15, 0.2) is 26.9 Å². The van der Waals surface area contributed by atoms with E-state index in [2.05, 4.69) is 10.3 Å². The van der Waals surface area contributed by atoms with Crippen LogP contribution >= 0.6 is 23.4 Å². The number of hydrogen-bond acceptors (Lipinski definition) is 6. The van der Waals surface area contributed by atoms with Crippen molar-refractivity contribution in [2.45, 2.75) is 23.1 Å². The molecular formula is C13H15ClN2O3S2. The first-order chi connectivity index (χ1) is 9.79. The Bertz CT molecular complexity index is 714. The third-order valence-electron chi connectivity index (χ3n) is 2.98. The molecule has 1 aliphatic rings. The standard InChI is InChI=1S/C13H15ClN2O3S2/c1-8-6-10(20-13-15-4-3-5-16-13)11(21(2,18)19)7-9(8)12(14)17/h6-7H,3-5H2,1-2H3,(H,15,16). The van der Waals surface area contributed by atoms with Gasteiger partial charge in [-0.25, -0.2) is 8.42 Å². The van der Waals surface area contributed by atoms with E-state index in [1.807, 2.05) is 0 Å². The van der Waals surface area contributed by atoms with Gasteiger partial charge in [-0.2, -0.15) is 0 Å². The molecular weight excluding hydrogens is 332 g/mol. The molecule has 1 aliphatic heterocycles. The largest absolute Gasteiger partial charge is 0.365 e. The molecule has 1 aromatic carbocycles. The minimum atomic E-state index is -3.47. The third kappa shape index (κ3) is 3.99. The maximum atomic E-state index is 12.0. The van der Waals surface area contributed by atoms with Gasteiger partial charge in [0.15, 0.2) is 15.0 Å². The second-order valence-corrected chi connectivity index (χ2v) is 8.09. The Hall–Kier alpha value is -1.05. The smallest absolute Gasteiger partial charge is 0.252 e. The van der Waals surface area contributed by atoms with E-state index in [1.54, 1.807) is 13.0 Å². The number of carbonyl (C=O) groups is 1. The molecule has 0 fully saturated rings. The Morgan fingerprint density at radius 1 is 1.43 bits per heavy atom. The van der Waals surface area contributed by atoms with Gasteiger partial charge in [0.25, 0.3) is 5.24 Å². The molecule has 0 amide bonds. The van der Waals surface area contributed by atoms with Crippen molar-refractivity contribution < 1.29 is 13.2 Å². The normalized spacial score (nSPS) is 15.3. The fourth-order valence-electron chi connectivity index (χ4n) is 1.93. The zero-order valence-corrected chi connectivity index (χ0v) is 14.0. The molecule has 0 aromatic heterocycles. The van der Waals surface area contributed by atoms with Crippen LogP contribution in [0.4, 0.5) is 0 Å². The quantitative estimate of drug-likeness (QED) is 0.849. The number of benzene rings is 1. The lowest BCUT2D eigenvalue weighted by Gasteiger charge is -2.16. The van der Waals surface area contributed by atoms with E-state index in [1.165, 1.54) is 17.8 Å². The minimum Gasteiger partial charge on any atom is -0.365 e. The van der Waals surface area contributed by atoms with Crippen molar-refractivity contribution in [3.8, 4) is 0 Å². The molecule has 0 saturated carbocycles. The minimum absolute atomic E-state index is 0.0946. The Morgan fingerprint density at radius 2 is 2.14 bits per heavy atom. The van der Waals surface area contributed by atoms with Crippen molar-refractivity contribution in [1.29, 1.82) is 0 Å². The molecule has 0 bridgehead atoms. The highest BCUT2D eigenvalue weighted by Crippen LogP contribution is 2.31. The molecule has 0 saturated heterocycles. The molecule has 21 heavy (non-hydrogen) atoms. The Balaban J connectivity index is 2.51. The van der Waals surface area contributed by atoms with Crippen molar-refractivity contribution in [1.82, 2.24) is 5.32 Å². The van der Waals surface area contributed by atoms with Crippen molar-refractivity contribution in [3.05, 3.63) is 23.3 Å². The van der Waals surface area contributed by atoms with Crippen LogP contribution in [0, 0.1) is 6.92 Å². The SMILES string of the molecule is Cc1cc(SC2=NCCCN2)c(S(C)(=O)=O)cc1C(=O)Cl. The van der Waals surface area contributed by atoms with Crippen LogP contribution in [0.3, 0.4) is 0 Å².